The average Bonchev–Trinajstić information content (AvgIpc) is 3.13. The lowest BCUT2D eigenvalue weighted by atomic mass is 10.1. The first kappa shape index (κ1) is 21.8. The fourth-order valence-electron chi connectivity index (χ4n) is 2.61. The van der Waals surface area contributed by atoms with E-state index in [0.717, 1.165) is 21.3 Å². The molecule has 0 aliphatic carbocycles. The van der Waals surface area contributed by atoms with E-state index in [4.69, 9.17) is 0 Å². The van der Waals surface area contributed by atoms with E-state index in [1.807, 2.05) is 6.92 Å². The smallest absolute Gasteiger partial charge is 0.306 e. The Kier molecular flexibility index (Phi) is 6.15. The van der Waals surface area contributed by atoms with Gasteiger partial charge in [-0.05, 0) is 72.3 Å². The van der Waals surface area contributed by atoms with Crippen LogP contribution in [0.3, 0.4) is 0 Å². The third-order valence-electron chi connectivity index (χ3n) is 4.24. The first-order chi connectivity index (χ1) is 14.0. The van der Waals surface area contributed by atoms with Crippen molar-refractivity contribution >= 4 is 34.4 Å². The summed E-state index contributed by atoms with van der Waals surface area (Å²) in [5.41, 5.74) is 5.16. The molecule has 3 rings (SSSR count). The van der Waals surface area contributed by atoms with Gasteiger partial charge < -0.3 is 4.57 Å². The van der Waals surface area contributed by atoms with Crippen molar-refractivity contribution in [3.05, 3.63) is 80.4 Å². The predicted molar refractivity (Wildman–Crippen MR) is 112 cm³/mol. The Hall–Kier alpha value is -2.89. The molecule has 0 atom stereocenters. The molecule has 0 unspecified atom stereocenters. The number of hydrazine groups is 1. The molecule has 10 heteroatoms. The molecule has 2 N–H and O–H groups in total. The number of halogens is 4. The first-order valence-corrected chi connectivity index (χ1v) is 9.72. The van der Waals surface area contributed by atoms with Crippen molar-refractivity contribution in [2.24, 2.45) is 0 Å². The maximum atomic E-state index is 13.3. The lowest BCUT2D eigenvalue weighted by molar-refractivity contribution is -0.137. The van der Waals surface area contributed by atoms with Gasteiger partial charge in [-0.1, -0.05) is 6.07 Å². The van der Waals surface area contributed by atoms with E-state index in [9.17, 15) is 22.8 Å². The zero-order valence-corrected chi connectivity index (χ0v) is 18.0. The maximum Gasteiger partial charge on any atom is 0.416 e. The normalized spacial score (nSPS) is 11.3. The van der Waals surface area contributed by atoms with Crippen LogP contribution in [0.15, 0.2) is 48.9 Å². The Morgan fingerprint density at radius 2 is 1.67 bits per heavy atom. The van der Waals surface area contributed by atoms with Gasteiger partial charge in [-0.25, -0.2) is 4.98 Å². The van der Waals surface area contributed by atoms with Crippen molar-refractivity contribution in [3.8, 4) is 5.69 Å². The van der Waals surface area contributed by atoms with Gasteiger partial charge in [0, 0.05) is 26.6 Å². The van der Waals surface area contributed by atoms with Gasteiger partial charge in [0.2, 0.25) is 0 Å². The van der Waals surface area contributed by atoms with Crippen LogP contribution in [0.25, 0.3) is 5.69 Å². The van der Waals surface area contributed by atoms with Crippen LogP contribution in [0, 0.1) is 17.4 Å². The highest BCUT2D eigenvalue weighted by atomic mass is 127. The first-order valence-electron chi connectivity index (χ1n) is 8.64. The summed E-state index contributed by atoms with van der Waals surface area (Å²) >= 11 is 2.07. The fraction of sp³-hybridized carbons (Fsp3) is 0.150. The Bertz CT molecular complexity index is 1130. The summed E-state index contributed by atoms with van der Waals surface area (Å²) in [4.78, 5) is 28.7. The number of alkyl halides is 3. The van der Waals surface area contributed by atoms with Crippen LogP contribution >= 0.6 is 22.6 Å². The van der Waals surface area contributed by atoms with Crippen molar-refractivity contribution in [2.75, 3.05) is 0 Å². The van der Waals surface area contributed by atoms with Gasteiger partial charge in [-0.3, -0.25) is 20.4 Å². The minimum atomic E-state index is -4.65. The summed E-state index contributed by atoms with van der Waals surface area (Å²) in [7, 11) is 0. The molecule has 0 spiro atoms. The number of nitrogens with one attached hydrogen (secondary N) is 2. The van der Waals surface area contributed by atoms with Crippen LogP contribution in [0.2, 0.25) is 0 Å². The predicted octanol–water partition coefficient (Wildman–Crippen LogP) is 4.19. The molecule has 1 heterocycles. The number of benzene rings is 2. The Morgan fingerprint density at radius 1 is 1.00 bits per heavy atom. The fourth-order valence-corrected chi connectivity index (χ4v) is 3.12. The van der Waals surface area contributed by atoms with Crippen molar-refractivity contribution in [1.82, 2.24) is 20.4 Å². The van der Waals surface area contributed by atoms with Crippen molar-refractivity contribution in [3.63, 3.8) is 0 Å². The number of carbonyl (C=O) groups is 2. The summed E-state index contributed by atoms with van der Waals surface area (Å²) in [5, 5.41) is 0. The summed E-state index contributed by atoms with van der Waals surface area (Å²) in [6.07, 6.45) is -1.76. The van der Waals surface area contributed by atoms with Gasteiger partial charge in [0.15, 0.2) is 0 Å². The SMILES string of the molecule is Cc1cn(-c2cc(C(=O)NNC(=O)c3ccc(C)c(I)c3)cc(C(F)(F)F)c2)cn1. The van der Waals surface area contributed by atoms with E-state index in [1.165, 1.54) is 23.2 Å². The largest absolute Gasteiger partial charge is 0.416 e. The third kappa shape index (κ3) is 4.99. The van der Waals surface area contributed by atoms with Crippen LogP contribution in [-0.2, 0) is 6.18 Å². The summed E-state index contributed by atoms with van der Waals surface area (Å²) in [6, 6.07) is 7.91. The molecule has 2 amide bonds. The molecule has 1 aromatic heterocycles. The summed E-state index contributed by atoms with van der Waals surface area (Å²) in [6.45, 7) is 3.58. The molecular weight excluding hydrogens is 512 g/mol. The van der Waals surface area contributed by atoms with E-state index in [0.29, 0.717) is 11.3 Å². The highest BCUT2D eigenvalue weighted by Gasteiger charge is 2.32. The number of hydrogen-bond acceptors (Lipinski definition) is 3. The molecule has 2 aromatic carbocycles. The number of amides is 2. The third-order valence-corrected chi connectivity index (χ3v) is 5.40. The van der Waals surface area contributed by atoms with Gasteiger partial charge in [-0.15, -0.1) is 0 Å². The monoisotopic (exact) mass is 528 g/mol. The number of rotatable bonds is 3. The lowest BCUT2D eigenvalue weighted by Crippen LogP contribution is -2.41. The van der Waals surface area contributed by atoms with Crippen molar-refractivity contribution in [2.45, 2.75) is 20.0 Å². The van der Waals surface area contributed by atoms with Gasteiger partial charge in [-0.2, -0.15) is 13.2 Å². The highest BCUT2D eigenvalue weighted by molar-refractivity contribution is 14.1. The van der Waals surface area contributed by atoms with Gasteiger partial charge in [0.05, 0.1) is 17.6 Å². The second-order valence-corrected chi connectivity index (χ2v) is 7.72. The zero-order valence-electron chi connectivity index (χ0n) is 15.8. The van der Waals surface area contributed by atoms with Crippen molar-refractivity contribution < 1.29 is 22.8 Å². The number of imidazole rings is 1. The lowest BCUT2D eigenvalue weighted by Gasteiger charge is -2.13. The molecule has 0 saturated carbocycles. The Labute approximate surface area is 183 Å². The van der Waals surface area contributed by atoms with E-state index < -0.39 is 23.6 Å². The molecule has 0 saturated heterocycles. The molecule has 156 valence electrons. The minimum Gasteiger partial charge on any atom is -0.306 e. The maximum absolute atomic E-state index is 13.3. The van der Waals surface area contributed by atoms with Crippen LogP contribution in [0.5, 0.6) is 0 Å². The number of aryl methyl sites for hydroxylation is 2. The Balaban J connectivity index is 1.83. The number of aromatic nitrogens is 2. The minimum absolute atomic E-state index is 0.120. The second-order valence-electron chi connectivity index (χ2n) is 6.56. The quantitative estimate of drug-likeness (QED) is 0.396. The Morgan fingerprint density at radius 3 is 2.23 bits per heavy atom. The number of hydrogen-bond donors (Lipinski definition) is 2. The zero-order chi connectivity index (χ0) is 22.1. The number of nitrogens with zero attached hydrogens (tertiary/aromatic N) is 2. The van der Waals surface area contributed by atoms with Gasteiger partial charge >= 0.3 is 6.18 Å². The topological polar surface area (TPSA) is 76.0 Å². The summed E-state index contributed by atoms with van der Waals surface area (Å²) < 4.78 is 42.2. The number of carbonyl (C=O) groups excluding carboxylic acids is 2. The van der Waals surface area contributed by atoms with Crippen LogP contribution in [-0.4, -0.2) is 21.4 Å². The van der Waals surface area contributed by atoms with E-state index in [1.54, 1.807) is 25.1 Å². The molecule has 3 aromatic rings. The second kappa shape index (κ2) is 8.46. The van der Waals surface area contributed by atoms with E-state index in [2.05, 4.69) is 38.4 Å². The van der Waals surface area contributed by atoms with Crippen LogP contribution in [0.1, 0.15) is 37.5 Å². The molecule has 0 radical (unpaired) electrons. The van der Waals surface area contributed by atoms with Gasteiger partial charge in [0.1, 0.15) is 0 Å². The molecule has 30 heavy (non-hydrogen) atoms. The average molecular weight is 528 g/mol. The summed E-state index contributed by atoms with van der Waals surface area (Å²) in [5.74, 6) is -1.46. The molecule has 0 fully saturated rings. The molecule has 6 nitrogen and oxygen atoms in total. The molecular formula is C20H16F3IN4O2. The molecule has 0 aliphatic heterocycles. The molecule has 0 bridgehead atoms. The van der Waals surface area contributed by atoms with Crippen LogP contribution < -0.4 is 10.9 Å². The van der Waals surface area contributed by atoms with Crippen molar-refractivity contribution in [1.29, 1.82) is 0 Å². The van der Waals surface area contributed by atoms with E-state index >= 15 is 0 Å². The highest BCUT2D eigenvalue weighted by Crippen LogP contribution is 2.31. The standard InChI is InChI=1S/C20H16F3IN4O2/c1-11-3-4-13(7-17(11)24)18(29)26-27-19(30)14-5-15(20(21,22)23)8-16(6-14)28-9-12(2)25-10-28/h3-10H,1-2H3,(H,26,29)(H,27,30). The molecule has 0 aliphatic rings. The van der Waals surface area contributed by atoms with Crippen LogP contribution in [0.4, 0.5) is 13.2 Å². The van der Waals surface area contributed by atoms with E-state index in [-0.39, 0.29) is 11.3 Å². The van der Waals surface area contributed by atoms with Gasteiger partial charge in [0.25, 0.3) is 11.8 Å².